The number of hydrogen-bond donors (Lipinski definition) is 1. The SMILES string of the molecule is CCC(C)[C@@H](N)c1c(F)cccc1OC.Cl. The van der Waals surface area contributed by atoms with E-state index in [1.54, 1.807) is 12.1 Å². The van der Waals surface area contributed by atoms with Gasteiger partial charge < -0.3 is 10.5 Å². The second-order valence-corrected chi connectivity index (χ2v) is 3.77. The largest absolute Gasteiger partial charge is 0.496 e. The fraction of sp³-hybridized carbons (Fsp3) is 0.500. The molecule has 2 atom stereocenters. The predicted molar refractivity (Wildman–Crippen MR) is 66.6 cm³/mol. The van der Waals surface area contributed by atoms with Gasteiger partial charge in [-0.25, -0.2) is 4.39 Å². The Morgan fingerprint density at radius 3 is 2.56 bits per heavy atom. The van der Waals surface area contributed by atoms with Crippen LogP contribution in [0.5, 0.6) is 5.75 Å². The van der Waals surface area contributed by atoms with Gasteiger partial charge in [0.2, 0.25) is 0 Å². The molecule has 0 fully saturated rings. The van der Waals surface area contributed by atoms with Gasteiger partial charge in [-0.15, -0.1) is 12.4 Å². The zero-order valence-corrected chi connectivity index (χ0v) is 10.7. The van der Waals surface area contributed by atoms with Crippen molar-refractivity contribution in [1.29, 1.82) is 0 Å². The van der Waals surface area contributed by atoms with E-state index in [9.17, 15) is 4.39 Å². The fourth-order valence-electron chi connectivity index (χ4n) is 1.56. The standard InChI is InChI=1S/C12H18FNO.ClH/c1-4-8(2)12(14)11-9(13)6-5-7-10(11)15-3;/h5-8,12H,4,14H2,1-3H3;1H/t8?,12-;/m1./s1. The minimum absolute atomic E-state index is 0. The van der Waals surface area contributed by atoms with Crippen LogP contribution in [-0.2, 0) is 0 Å². The first kappa shape index (κ1) is 15.2. The second kappa shape index (κ2) is 6.71. The van der Waals surface area contributed by atoms with Crippen LogP contribution >= 0.6 is 12.4 Å². The molecule has 16 heavy (non-hydrogen) atoms. The Kier molecular flexibility index (Phi) is 6.38. The quantitative estimate of drug-likeness (QED) is 0.886. The maximum absolute atomic E-state index is 13.6. The molecule has 0 aromatic heterocycles. The molecular formula is C12H19ClFNO. The highest BCUT2D eigenvalue weighted by Gasteiger charge is 2.20. The van der Waals surface area contributed by atoms with Crippen LogP contribution in [0.2, 0.25) is 0 Å². The Labute approximate surface area is 102 Å². The van der Waals surface area contributed by atoms with Crippen LogP contribution in [0, 0.1) is 11.7 Å². The first-order chi connectivity index (χ1) is 7.11. The van der Waals surface area contributed by atoms with Gasteiger partial charge in [0.05, 0.1) is 7.11 Å². The molecule has 0 bridgehead atoms. The van der Waals surface area contributed by atoms with Crippen molar-refractivity contribution in [3.8, 4) is 5.75 Å². The molecule has 4 heteroatoms. The van der Waals surface area contributed by atoms with E-state index in [0.717, 1.165) is 6.42 Å². The van der Waals surface area contributed by atoms with Crippen molar-refractivity contribution >= 4 is 12.4 Å². The molecule has 0 saturated carbocycles. The third-order valence-electron chi connectivity index (χ3n) is 2.82. The first-order valence-corrected chi connectivity index (χ1v) is 5.19. The third kappa shape index (κ3) is 3.09. The van der Waals surface area contributed by atoms with Gasteiger partial charge in [0.1, 0.15) is 11.6 Å². The van der Waals surface area contributed by atoms with Gasteiger partial charge in [-0.3, -0.25) is 0 Å². The second-order valence-electron chi connectivity index (χ2n) is 3.77. The number of hydrogen-bond acceptors (Lipinski definition) is 2. The summed E-state index contributed by atoms with van der Waals surface area (Å²) in [6.45, 7) is 4.05. The number of benzene rings is 1. The number of rotatable bonds is 4. The van der Waals surface area contributed by atoms with Crippen molar-refractivity contribution in [3.05, 3.63) is 29.6 Å². The highest BCUT2D eigenvalue weighted by Crippen LogP contribution is 2.31. The molecule has 92 valence electrons. The highest BCUT2D eigenvalue weighted by atomic mass is 35.5. The average molecular weight is 248 g/mol. The predicted octanol–water partition coefficient (Wildman–Crippen LogP) is 3.30. The van der Waals surface area contributed by atoms with E-state index in [2.05, 4.69) is 0 Å². The molecule has 0 aliphatic carbocycles. The van der Waals surface area contributed by atoms with Crippen molar-refractivity contribution < 1.29 is 9.13 Å². The summed E-state index contributed by atoms with van der Waals surface area (Å²) in [6, 6.07) is 4.47. The number of nitrogens with two attached hydrogens (primary N) is 1. The Bertz CT molecular complexity index is 333. The molecule has 1 unspecified atom stereocenters. The Morgan fingerprint density at radius 2 is 2.06 bits per heavy atom. The molecule has 2 nitrogen and oxygen atoms in total. The van der Waals surface area contributed by atoms with E-state index in [4.69, 9.17) is 10.5 Å². The van der Waals surface area contributed by atoms with Gasteiger partial charge in [-0.05, 0) is 18.1 Å². The minimum Gasteiger partial charge on any atom is -0.496 e. The summed E-state index contributed by atoms with van der Waals surface area (Å²) in [5.74, 6) is 0.473. The van der Waals surface area contributed by atoms with Gasteiger partial charge in [0.15, 0.2) is 0 Å². The minimum atomic E-state index is -0.314. The molecule has 0 aliphatic heterocycles. The molecule has 0 saturated heterocycles. The average Bonchev–Trinajstić information content (AvgIpc) is 2.26. The van der Waals surface area contributed by atoms with Gasteiger partial charge in [-0.2, -0.15) is 0 Å². The van der Waals surface area contributed by atoms with E-state index in [1.807, 2.05) is 13.8 Å². The van der Waals surface area contributed by atoms with E-state index in [1.165, 1.54) is 13.2 Å². The lowest BCUT2D eigenvalue weighted by Crippen LogP contribution is -2.20. The fourth-order valence-corrected chi connectivity index (χ4v) is 1.56. The van der Waals surface area contributed by atoms with Gasteiger partial charge in [-0.1, -0.05) is 26.3 Å². The lowest BCUT2D eigenvalue weighted by atomic mass is 9.92. The molecule has 0 radical (unpaired) electrons. The van der Waals surface area contributed by atoms with Crippen LogP contribution in [0.4, 0.5) is 4.39 Å². The van der Waals surface area contributed by atoms with E-state index in [-0.39, 0.29) is 30.2 Å². The maximum Gasteiger partial charge on any atom is 0.131 e. The van der Waals surface area contributed by atoms with Crippen molar-refractivity contribution in [1.82, 2.24) is 0 Å². The summed E-state index contributed by atoms with van der Waals surface area (Å²) in [4.78, 5) is 0. The van der Waals surface area contributed by atoms with Crippen LogP contribution in [0.1, 0.15) is 31.9 Å². The normalized spacial score (nSPS) is 13.8. The van der Waals surface area contributed by atoms with E-state index in [0.29, 0.717) is 11.3 Å². The summed E-state index contributed by atoms with van der Waals surface area (Å²) in [7, 11) is 1.53. The lowest BCUT2D eigenvalue weighted by Gasteiger charge is -2.21. The van der Waals surface area contributed by atoms with Gasteiger partial charge in [0.25, 0.3) is 0 Å². The number of methoxy groups -OCH3 is 1. The van der Waals surface area contributed by atoms with Gasteiger partial charge in [0, 0.05) is 11.6 Å². The zero-order chi connectivity index (χ0) is 11.4. The molecule has 2 N–H and O–H groups in total. The zero-order valence-electron chi connectivity index (χ0n) is 9.87. The number of ether oxygens (including phenoxy) is 1. The van der Waals surface area contributed by atoms with Crippen LogP contribution < -0.4 is 10.5 Å². The summed E-state index contributed by atoms with van der Waals surface area (Å²) < 4.78 is 18.7. The van der Waals surface area contributed by atoms with Crippen LogP contribution in [0.15, 0.2) is 18.2 Å². The molecule has 0 spiro atoms. The van der Waals surface area contributed by atoms with Crippen LogP contribution in [0.3, 0.4) is 0 Å². The Hall–Kier alpha value is -0.800. The maximum atomic E-state index is 13.6. The summed E-state index contributed by atoms with van der Waals surface area (Å²) in [5.41, 5.74) is 6.49. The lowest BCUT2D eigenvalue weighted by molar-refractivity contribution is 0.377. The van der Waals surface area contributed by atoms with E-state index < -0.39 is 0 Å². The molecule has 1 aromatic carbocycles. The number of halogens is 2. The van der Waals surface area contributed by atoms with Crippen LogP contribution in [0.25, 0.3) is 0 Å². The topological polar surface area (TPSA) is 35.2 Å². The molecule has 0 amide bonds. The molecule has 0 heterocycles. The monoisotopic (exact) mass is 247 g/mol. The summed E-state index contributed by atoms with van der Waals surface area (Å²) in [6.07, 6.45) is 0.915. The van der Waals surface area contributed by atoms with E-state index >= 15 is 0 Å². The third-order valence-corrected chi connectivity index (χ3v) is 2.82. The smallest absolute Gasteiger partial charge is 0.131 e. The molecule has 0 aliphatic rings. The Balaban J connectivity index is 0.00000225. The summed E-state index contributed by atoms with van der Waals surface area (Å²) in [5, 5.41) is 0. The first-order valence-electron chi connectivity index (χ1n) is 5.19. The van der Waals surface area contributed by atoms with Crippen LogP contribution in [-0.4, -0.2) is 7.11 Å². The highest BCUT2D eigenvalue weighted by molar-refractivity contribution is 5.85. The van der Waals surface area contributed by atoms with Crippen molar-refractivity contribution in [2.24, 2.45) is 11.7 Å². The molecular weight excluding hydrogens is 229 g/mol. The van der Waals surface area contributed by atoms with Crippen molar-refractivity contribution in [2.75, 3.05) is 7.11 Å². The molecule has 1 rings (SSSR count). The van der Waals surface area contributed by atoms with Gasteiger partial charge >= 0.3 is 0 Å². The summed E-state index contributed by atoms with van der Waals surface area (Å²) >= 11 is 0. The van der Waals surface area contributed by atoms with Crippen molar-refractivity contribution in [3.63, 3.8) is 0 Å². The Morgan fingerprint density at radius 1 is 1.44 bits per heavy atom. The molecule has 1 aromatic rings. The van der Waals surface area contributed by atoms with Crippen molar-refractivity contribution in [2.45, 2.75) is 26.3 Å².